The first-order valence-corrected chi connectivity index (χ1v) is 12.4. The molecule has 0 aliphatic carbocycles. The van der Waals surface area contributed by atoms with Crippen LogP contribution in [0.3, 0.4) is 0 Å². The summed E-state index contributed by atoms with van der Waals surface area (Å²) in [5.74, 6) is -0.245. The van der Waals surface area contributed by atoms with Crippen molar-refractivity contribution in [2.24, 2.45) is 4.99 Å². The minimum Gasteiger partial charge on any atom is -0.363 e. The Bertz CT molecular complexity index is 1070. The largest absolute Gasteiger partial charge is 0.363 e. The molecule has 0 saturated carbocycles. The molecule has 2 aliphatic rings. The fourth-order valence-corrected chi connectivity index (χ4v) is 5.29. The number of amides is 2. The van der Waals surface area contributed by atoms with Crippen molar-refractivity contribution in [2.75, 3.05) is 33.2 Å². The quantitative estimate of drug-likeness (QED) is 0.473. The normalized spacial score (nSPS) is 16.2. The van der Waals surface area contributed by atoms with Gasteiger partial charge in [0.2, 0.25) is 0 Å². The standard InChI is InChI=1S/C25H29N5O2S/c1-28(16-20-10-4-3-9-19(20)15-26)25(32)23-22(27-18-29-11-5-2-6-12-29)21(17-33-23)24(31)30-13-7-8-14-30/h3-4,9-10,17-18H,2,5-8,11-14,16H2,1H3/b27-18+. The van der Waals surface area contributed by atoms with Crippen LogP contribution in [0.1, 0.15) is 63.3 Å². The Labute approximate surface area is 198 Å². The van der Waals surface area contributed by atoms with E-state index in [0.29, 0.717) is 28.2 Å². The summed E-state index contributed by atoms with van der Waals surface area (Å²) in [5.41, 5.74) is 2.31. The number of hydrogen-bond acceptors (Lipinski definition) is 5. The monoisotopic (exact) mass is 463 g/mol. The first kappa shape index (κ1) is 23.0. The average Bonchev–Trinajstić information content (AvgIpc) is 3.53. The summed E-state index contributed by atoms with van der Waals surface area (Å²) < 4.78 is 0. The zero-order valence-electron chi connectivity index (χ0n) is 19.0. The second-order valence-electron chi connectivity index (χ2n) is 8.60. The van der Waals surface area contributed by atoms with Gasteiger partial charge in [-0.15, -0.1) is 11.3 Å². The van der Waals surface area contributed by atoms with E-state index in [1.54, 1.807) is 29.7 Å². The van der Waals surface area contributed by atoms with Crippen molar-refractivity contribution >= 4 is 35.2 Å². The van der Waals surface area contributed by atoms with E-state index in [2.05, 4.69) is 11.0 Å². The Morgan fingerprint density at radius 1 is 1.12 bits per heavy atom. The summed E-state index contributed by atoms with van der Waals surface area (Å²) >= 11 is 1.27. The summed E-state index contributed by atoms with van der Waals surface area (Å²) in [7, 11) is 1.72. The van der Waals surface area contributed by atoms with Crippen LogP contribution in [0.15, 0.2) is 34.6 Å². The van der Waals surface area contributed by atoms with Crippen LogP contribution in [-0.4, -0.2) is 66.1 Å². The third-order valence-corrected chi connectivity index (χ3v) is 7.17. The predicted molar refractivity (Wildman–Crippen MR) is 130 cm³/mol. The van der Waals surface area contributed by atoms with Gasteiger partial charge in [0.05, 0.1) is 23.5 Å². The van der Waals surface area contributed by atoms with Crippen LogP contribution >= 0.6 is 11.3 Å². The van der Waals surface area contributed by atoms with E-state index < -0.39 is 0 Å². The topological polar surface area (TPSA) is 80.0 Å². The van der Waals surface area contributed by atoms with E-state index in [9.17, 15) is 14.9 Å². The number of likely N-dealkylation sites (tertiary alicyclic amines) is 2. The van der Waals surface area contributed by atoms with E-state index >= 15 is 0 Å². The number of carbonyl (C=O) groups excluding carboxylic acids is 2. The maximum atomic E-state index is 13.4. The lowest BCUT2D eigenvalue weighted by atomic mass is 10.1. The van der Waals surface area contributed by atoms with Crippen LogP contribution in [-0.2, 0) is 6.54 Å². The van der Waals surface area contributed by atoms with E-state index in [4.69, 9.17) is 4.99 Å². The molecule has 4 rings (SSSR count). The van der Waals surface area contributed by atoms with Gasteiger partial charge in [-0.05, 0) is 43.7 Å². The maximum Gasteiger partial charge on any atom is 0.266 e. The second kappa shape index (κ2) is 10.6. The molecule has 2 aromatic rings. The van der Waals surface area contributed by atoms with E-state index in [1.807, 2.05) is 23.1 Å². The molecule has 172 valence electrons. The van der Waals surface area contributed by atoms with Gasteiger partial charge in [0, 0.05) is 45.2 Å². The Morgan fingerprint density at radius 2 is 1.82 bits per heavy atom. The van der Waals surface area contributed by atoms with Crippen LogP contribution in [0.2, 0.25) is 0 Å². The van der Waals surface area contributed by atoms with Crippen LogP contribution in [0.4, 0.5) is 5.69 Å². The van der Waals surface area contributed by atoms with Crippen molar-refractivity contribution in [3.8, 4) is 6.07 Å². The SMILES string of the molecule is CN(Cc1ccccc1C#N)C(=O)c1scc(C(=O)N2CCCC2)c1/N=C/N1CCCCC1. The van der Waals surface area contributed by atoms with E-state index in [1.165, 1.54) is 17.8 Å². The molecule has 1 aromatic heterocycles. The fraction of sp³-hybridized carbons (Fsp3) is 0.440. The van der Waals surface area contributed by atoms with Crippen LogP contribution < -0.4 is 0 Å². The molecule has 0 N–H and O–H groups in total. The Balaban J connectivity index is 1.61. The zero-order chi connectivity index (χ0) is 23.2. The Morgan fingerprint density at radius 3 is 2.55 bits per heavy atom. The first-order chi connectivity index (χ1) is 16.1. The second-order valence-corrected chi connectivity index (χ2v) is 9.48. The fourth-order valence-electron chi connectivity index (χ4n) is 4.32. The lowest BCUT2D eigenvalue weighted by Gasteiger charge is -2.24. The molecule has 0 unspecified atom stereocenters. The van der Waals surface area contributed by atoms with Crippen molar-refractivity contribution in [3.63, 3.8) is 0 Å². The van der Waals surface area contributed by atoms with Gasteiger partial charge < -0.3 is 14.7 Å². The molecule has 2 amide bonds. The van der Waals surface area contributed by atoms with Gasteiger partial charge in [-0.1, -0.05) is 18.2 Å². The molecule has 2 saturated heterocycles. The third-order valence-electron chi connectivity index (χ3n) is 6.22. The molecular formula is C25H29N5O2S. The lowest BCUT2D eigenvalue weighted by Crippen LogP contribution is -2.29. The molecule has 8 heteroatoms. The van der Waals surface area contributed by atoms with Gasteiger partial charge in [-0.25, -0.2) is 4.99 Å². The third kappa shape index (κ3) is 5.25. The molecule has 2 fully saturated rings. The average molecular weight is 464 g/mol. The molecule has 0 bridgehead atoms. The van der Waals surface area contributed by atoms with Gasteiger partial charge in [0.1, 0.15) is 10.6 Å². The number of aliphatic imine (C=N–C) groups is 1. The molecule has 1 aromatic carbocycles. The summed E-state index contributed by atoms with van der Waals surface area (Å²) in [4.78, 5) is 37.4. The molecule has 2 aliphatic heterocycles. The van der Waals surface area contributed by atoms with Crippen molar-refractivity contribution in [1.82, 2.24) is 14.7 Å². The van der Waals surface area contributed by atoms with Crippen molar-refractivity contribution in [2.45, 2.75) is 38.6 Å². The molecule has 0 spiro atoms. The summed E-state index contributed by atoms with van der Waals surface area (Å²) in [6.07, 6.45) is 7.29. The number of hydrogen-bond donors (Lipinski definition) is 0. The maximum absolute atomic E-state index is 13.4. The van der Waals surface area contributed by atoms with Crippen LogP contribution in [0.25, 0.3) is 0 Å². The van der Waals surface area contributed by atoms with Crippen molar-refractivity contribution in [3.05, 3.63) is 51.2 Å². The summed E-state index contributed by atoms with van der Waals surface area (Å²) in [6.45, 7) is 3.69. The highest BCUT2D eigenvalue weighted by molar-refractivity contribution is 7.13. The molecular weight excluding hydrogens is 434 g/mol. The summed E-state index contributed by atoms with van der Waals surface area (Å²) in [5, 5.41) is 11.1. The molecule has 33 heavy (non-hydrogen) atoms. The highest BCUT2D eigenvalue weighted by Crippen LogP contribution is 2.34. The van der Waals surface area contributed by atoms with Crippen molar-refractivity contribution in [1.29, 1.82) is 5.26 Å². The number of benzene rings is 1. The number of nitriles is 1. The number of thiophene rings is 1. The highest BCUT2D eigenvalue weighted by atomic mass is 32.1. The minimum absolute atomic E-state index is 0.0499. The Kier molecular flexibility index (Phi) is 7.40. The highest BCUT2D eigenvalue weighted by Gasteiger charge is 2.28. The van der Waals surface area contributed by atoms with Gasteiger partial charge in [-0.2, -0.15) is 5.26 Å². The van der Waals surface area contributed by atoms with Crippen molar-refractivity contribution < 1.29 is 9.59 Å². The van der Waals surface area contributed by atoms with E-state index in [-0.39, 0.29) is 11.8 Å². The number of piperidine rings is 1. The van der Waals surface area contributed by atoms with E-state index in [0.717, 1.165) is 57.4 Å². The van der Waals surface area contributed by atoms with Gasteiger partial charge in [0.25, 0.3) is 11.8 Å². The summed E-state index contributed by atoms with van der Waals surface area (Å²) in [6, 6.07) is 9.46. The molecule has 0 radical (unpaired) electrons. The van der Waals surface area contributed by atoms with Gasteiger partial charge >= 0.3 is 0 Å². The minimum atomic E-state index is -0.195. The first-order valence-electron chi connectivity index (χ1n) is 11.5. The van der Waals surface area contributed by atoms with Gasteiger partial charge in [0.15, 0.2) is 0 Å². The van der Waals surface area contributed by atoms with Crippen LogP contribution in [0, 0.1) is 11.3 Å². The predicted octanol–water partition coefficient (Wildman–Crippen LogP) is 4.27. The molecule has 0 atom stereocenters. The smallest absolute Gasteiger partial charge is 0.266 e. The number of nitrogens with zero attached hydrogens (tertiary/aromatic N) is 5. The Hall–Kier alpha value is -3.18. The van der Waals surface area contributed by atoms with Gasteiger partial charge in [-0.3, -0.25) is 9.59 Å². The lowest BCUT2D eigenvalue weighted by molar-refractivity contribution is 0.0790. The zero-order valence-corrected chi connectivity index (χ0v) is 19.8. The molecule has 7 nitrogen and oxygen atoms in total. The number of carbonyl (C=O) groups is 2. The number of rotatable bonds is 6. The van der Waals surface area contributed by atoms with Crippen LogP contribution in [0.5, 0.6) is 0 Å². The molecule has 3 heterocycles.